The van der Waals surface area contributed by atoms with Gasteiger partial charge in [0.25, 0.3) is 5.56 Å². The number of carbonyl (C=O) groups excluding carboxylic acids is 1. The summed E-state index contributed by atoms with van der Waals surface area (Å²) in [6.45, 7) is 3.74. The molecule has 9 nitrogen and oxygen atoms in total. The van der Waals surface area contributed by atoms with E-state index in [4.69, 9.17) is 0 Å². The number of hydrogen-bond donors (Lipinski definition) is 1. The molecule has 0 saturated carbocycles. The molecule has 0 radical (unpaired) electrons. The maximum absolute atomic E-state index is 12.5. The Morgan fingerprint density at radius 3 is 2.48 bits per heavy atom. The third kappa shape index (κ3) is 4.46. The summed E-state index contributed by atoms with van der Waals surface area (Å²) >= 11 is 0. The van der Waals surface area contributed by atoms with Crippen molar-refractivity contribution in [3.63, 3.8) is 0 Å². The summed E-state index contributed by atoms with van der Waals surface area (Å²) < 4.78 is 4.13. The molecule has 1 saturated heterocycles. The van der Waals surface area contributed by atoms with Gasteiger partial charge in [0, 0.05) is 39.3 Å². The van der Waals surface area contributed by atoms with Crippen LogP contribution >= 0.6 is 0 Å². The molecule has 1 aromatic carbocycles. The number of nitrogens with one attached hydrogen (secondary N) is 1. The molecule has 0 unspecified atom stereocenters. The van der Waals surface area contributed by atoms with E-state index in [0.29, 0.717) is 30.6 Å². The molecule has 3 aromatic rings. The summed E-state index contributed by atoms with van der Waals surface area (Å²) in [4.78, 5) is 43.5. The first-order valence-electron chi connectivity index (χ1n) is 10.7. The molecular weight excluding hydrogens is 396 g/mol. The van der Waals surface area contributed by atoms with Crippen molar-refractivity contribution in [3.05, 3.63) is 57.0 Å². The number of imidazole rings is 1. The van der Waals surface area contributed by atoms with Gasteiger partial charge in [0.05, 0.1) is 6.33 Å². The van der Waals surface area contributed by atoms with Crippen LogP contribution in [0.15, 0.2) is 40.2 Å². The molecule has 0 bridgehead atoms. The molecular formula is C22H28N6O3. The van der Waals surface area contributed by atoms with Crippen molar-refractivity contribution in [2.45, 2.75) is 38.8 Å². The molecule has 9 heteroatoms. The Labute approximate surface area is 179 Å². The number of nitrogens with zero attached hydrogens (tertiary/aromatic N) is 5. The van der Waals surface area contributed by atoms with Crippen molar-refractivity contribution in [3.8, 4) is 0 Å². The van der Waals surface area contributed by atoms with Gasteiger partial charge in [-0.05, 0) is 50.0 Å². The van der Waals surface area contributed by atoms with E-state index in [1.807, 2.05) is 12.1 Å². The molecule has 2 aromatic heterocycles. The SMILES string of the molecule is Cn1c(=O)c2c(ncn2CCCC(=O)Nc2ccc(CN3CCCC3)cc2)n(C)c1=O. The van der Waals surface area contributed by atoms with Crippen molar-refractivity contribution < 1.29 is 4.79 Å². The van der Waals surface area contributed by atoms with E-state index in [2.05, 4.69) is 27.3 Å². The quantitative estimate of drug-likeness (QED) is 0.620. The van der Waals surface area contributed by atoms with Crippen molar-refractivity contribution >= 4 is 22.8 Å². The van der Waals surface area contributed by atoms with Crippen molar-refractivity contribution in [2.75, 3.05) is 18.4 Å². The largest absolute Gasteiger partial charge is 0.332 e. The lowest BCUT2D eigenvalue weighted by atomic mass is 10.2. The zero-order valence-electron chi connectivity index (χ0n) is 18.0. The second-order valence-corrected chi connectivity index (χ2v) is 8.15. The molecule has 1 N–H and O–H groups in total. The van der Waals surface area contributed by atoms with Crippen molar-refractivity contribution in [1.82, 2.24) is 23.6 Å². The summed E-state index contributed by atoms with van der Waals surface area (Å²) in [6.07, 6.45) is 4.96. The highest BCUT2D eigenvalue weighted by Gasteiger charge is 2.15. The van der Waals surface area contributed by atoms with E-state index in [0.717, 1.165) is 29.9 Å². The summed E-state index contributed by atoms with van der Waals surface area (Å²) in [6, 6.07) is 8.00. The molecule has 1 amide bonds. The lowest BCUT2D eigenvalue weighted by Crippen LogP contribution is -2.37. The fourth-order valence-electron chi connectivity index (χ4n) is 4.09. The van der Waals surface area contributed by atoms with Gasteiger partial charge in [0.15, 0.2) is 11.2 Å². The van der Waals surface area contributed by atoms with Gasteiger partial charge >= 0.3 is 5.69 Å². The number of rotatable bonds is 7. The van der Waals surface area contributed by atoms with Gasteiger partial charge in [0.1, 0.15) is 0 Å². The first kappa shape index (κ1) is 21.0. The second-order valence-electron chi connectivity index (χ2n) is 8.15. The molecule has 31 heavy (non-hydrogen) atoms. The predicted molar refractivity (Wildman–Crippen MR) is 119 cm³/mol. The van der Waals surface area contributed by atoms with Crippen LogP contribution in [0.3, 0.4) is 0 Å². The first-order valence-corrected chi connectivity index (χ1v) is 10.7. The number of aryl methyl sites for hydroxylation is 2. The highest BCUT2D eigenvalue weighted by atomic mass is 16.2. The summed E-state index contributed by atoms with van der Waals surface area (Å²) in [5, 5.41) is 2.93. The highest BCUT2D eigenvalue weighted by molar-refractivity contribution is 5.90. The van der Waals surface area contributed by atoms with Gasteiger partial charge in [0.2, 0.25) is 5.91 Å². The fourth-order valence-corrected chi connectivity index (χ4v) is 4.09. The number of likely N-dealkylation sites (tertiary alicyclic amines) is 1. The first-order chi connectivity index (χ1) is 14.9. The lowest BCUT2D eigenvalue weighted by molar-refractivity contribution is -0.116. The maximum atomic E-state index is 12.5. The van der Waals surface area contributed by atoms with Crippen LogP contribution in [0.1, 0.15) is 31.2 Å². The number of amides is 1. The Balaban J connectivity index is 1.32. The Bertz CT molecular complexity index is 1200. The van der Waals surface area contributed by atoms with Crippen molar-refractivity contribution in [2.24, 2.45) is 14.1 Å². The monoisotopic (exact) mass is 424 g/mol. The zero-order chi connectivity index (χ0) is 22.0. The second kappa shape index (κ2) is 8.89. The minimum absolute atomic E-state index is 0.0722. The standard InChI is InChI=1S/C22H28N6O3/c1-25-20-19(21(30)26(2)22(25)31)28(15-23-20)13-5-6-18(29)24-17-9-7-16(8-10-17)14-27-11-3-4-12-27/h7-10,15H,3-6,11-14H2,1-2H3,(H,24,29). The summed E-state index contributed by atoms with van der Waals surface area (Å²) in [5.74, 6) is -0.0722. The normalized spacial score (nSPS) is 14.4. The van der Waals surface area contributed by atoms with E-state index in [9.17, 15) is 14.4 Å². The molecule has 3 heterocycles. The lowest BCUT2D eigenvalue weighted by Gasteiger charge is -2.14. The molecule has 1 aliphatic rings. The molecule has 1 fully saturated rings. The van der Waals surface area contributed by atoms with Crippen LogP contribution in [0, 0.1) is 0 Å². The van der Waals surface area contributed by atoms with Crippen LogP contribution in [-0.4, -0.2) is 42.6 Å². The third-order valence-corrected chi connectivity index (χ3v) is 5.86. The van der Waals surface area contributed by atoms with Gasteiger partial charge in [-0.25, -0.2) is 9.78 Å². The molecule has 0 aliphatic carbocycles. The van der Waals surface area contributed by atoms with E-state index < -0.39 is 5.69 Å². The van der Waals surface area contributed by atoms with Gasteiger partial charge in [-0.3, -0.25) is 23.6 Å². The number of carbonyl (C=O) groups is 1. The van der Waals surface area contributed by atoms with Gasteiger partial charge in [-0.1, -0.05) is 12.1 Å². The maximum Gasteiger partial charge on any atom is 0.332 e. The van der Waals surface area contributed by atoms with E-state index in [1.54, 1.807) is 17.9 Å². The topological polar surface area (TPSA) is 94.2 Å². The van der Waals surface area contributed by atoms with E-state index in [-0.39, 0.29) is 11.5 Å². The van der Waals surface area contributed by atoms with Crippen molar-refractivity contribution in [1.29, 1.82) is 0 Å². The molecule has 164 valence electrons. The number of anilines is 1. The van der Waals surface area contributed by atoms with Crippen LogP contribution in [0.25, 0.3) is 11.2 Å². The van der Waals surface area contributed by atoms with Crippen LogP contribution in [0.2, 0.25) is 0 Å². The Kier molecular flexibility index (Phi) is 6.03. The Morgan fingerprint density at radius 2 is 1.77 bits per heavy atom. The number of fused-ring (bicyclic) bond motifs is 1. The molecule has 1 aliphatic heterocycles. The average molecular weight is 425 g/mol. The molecule has 0 spiro atoms. The van der Waals surface area contributed by atoms with E-state index in [1.165, 1.54) is 30.0 Å². The predicted octanol–water partition coefficient (Wildman–Crippen LogP) is 1.45. The smallest absolute Gasteiger partial charge is 0.326 e. The van der Waals surface area contributed by atoms with Gasteiger partial charge < -0.3 is 9.88 Å². The van der Waals surface area contributed by atoms with E-state index >= 15 is 0 Å². The summed E-state index contributed by atoms with van der Waals surface area (Å²) in [5.41, 5.74) is 1.97. The Morgan fingerprint density at radius 1 is 1.06 bits per heavy atom. The van der Waals surface area contributed by atoms with Crippen LogP contribution in [0.4, 0.5) is 5.69 Å². The average Bonchev–Trinajstić information content (AvgIpc) is 3.42. The van der Waals surface area contributed by atoms with Crippen LogP contribution < -0.4 is 16.6 Å². The third-order valence-electron chi connectivity index (χ3n) is 5.86. The van der Waals surface area contributed by atoms with Crippen LogP contribution in [-0.2, 0) is 32.0 Å². The number of benzene rings is 1. The highest BCUT2D eigenvalue weighted by Crippen LogP contribution is 2.15. The fraction of sp³-hybridized carbons (Fsp3) is 0.455. The zero-order valence-corrected chi connectivity index (χ0v) is 18.0. The molecule has 0 atom stereocenters. The Hall–Kier alpha value is -3.20. The minimum Gasteiger partial charge on any atom is -0.326 e. The van der Waals surface area contributed by atoms with Gasteiger partial charge in [-0.2, -0.15) is 0 Å². The van der Waals surface area contributed by atoms with Gasteiger partial charge in [-0.15, -0.1) is 0 Å². The van der Waals surface area contributed by atoms with Crippen LogP contribution in [0.5, 0.6) is 0 Å². The number of hydrogen-bond acceptors (Lipinski definition) is 5. The number of aromatic nitrogens is 4. The molecule has 4 rings (SSSR count). The summed E-state index contributed by atoms with van der Waals surface area (Å²) in [7, 11) is 3.04. The minimum atomic E-state index is -0.409.